The quantitative estimate of drug-likeness (QED) is 0.634. The van der Waals surface area contributed by atoms with Crippen molar-refractivity contribution in [1.29, 1.82) is 0 Å². The Labute approximate surface area is 142 Å². The van der Waals surface area contributed by atoms with Crippen LogP contribution in [-0.4, -0.2) is 43.3 Å². The van der Waals surface area contributed by atoms with Crippen molar-refractivity contribution in [3.8, 4) is 5.75 Å². The highest BCUT2D eigenvalue weighted by molar-refractivity contribution is 6.46. The largest absolute Gasteiger partial charge is 0.495 e. The number of rotatable bonds is 4. The second kappa shape index (κ2) is 6.12. The molecule has 0 aromatic heterocycles. The van der Waals surface area contributed by atoms with Crippen LogP contribution in [0.25, 0.3) is 0 Å². The van der Waals surface area contributed by atoms with Crippen LogP contribution >= 0.6 is 11.6 Å². The van der Waals surface area contributed by atoms with Gasteiger partial charge in [-0.25, -0.2) is 9.69 Å². The molecular weight excluding hydrogens is 338 g/mol. The zero-order valence-electron chi connectivity index (χ0n) is 12.9. The summed E-state index contributed by atoms with van der Waals surface area (Å²) in [5.74, 6) is -2.55. The summed E-state index contributed by atoms with van der Waals surface area (Å²) in [7, 11) is 1.42. The number of hydrogen-bond acceptors (Lipinski definition) is 7. The number of hydrazone groups is 1. The van der Waals surface area contributed by atoms with Crippen LogP contribution in [-0.2, 0) is 19.1 Å². The highest BCUT2D eigenvalue weighted by Gasteiger charge is 2.56. The van der Waals surface area contributed by atoms with Gasteiger partial charge in [0.05, 0.1) is 19.4 Å². The summed E-state index contributed by atoms with van der Waals surface area (Å²) in [6.45, 7) is 1.78. The fraction of sp³-hybridized carbons (Fsp3) is 0.333. The zero-order chi connectivity index (χ0) is 17.4. The third-order valence-corrected chi connectivity index (χ3v) is 4.03. The monoisotopic (exact) mass is 351 g/mol. The Balaban J connectivity index is 1.98. The van der Waals surface area contributed by atoms with E-state index in [0.29, 0.717) is 10.8 Å². The number of esters is 1. The first-order valence-electron chi connectivity index (χ1n) is 7.21. The lowest BCUT2D eigenvalue weighted by Crippen LogP contribution is -2.36. The fourth-order valence-electron chi connectivity index (χ4n) is 2.74. The minimum Gasteiger partial charge on any atom is -0.495 e. The van der Waals surface area contributed by atoms with E-state index in [-0.39, 0.29) is 18.0 Å². The van der Waals surface area contributed by atoms with Crippen molar-refractivity contribution in [3.05, 3.63) is 23.2 Å². The van der Waals surface area contributed by atoms with E-state index in [1.165, 1.54) is 13.2 Å². The number of methoxy groups -OCH3 is 1. The van der Waals surface area contributed by atoms with Crippen molar-refractivity contribution in [2.45, 2.75) is 13.0 Å². The Bertz CT molecular complexity index is 763. The molecule has 0 unspecified atom stereocenters. The van der Waals surface area contributed by atoms with Crippen molar-refractivity contribution >= 4 is 40.8 Å². The number of halogens is 1. The number of nitrogens with one attached hydrogen (secondary N) is 1. The van der Waals surface area contributed by atoms with E-state index in [9.17, 15) is 14.4 Å². The molecule has 3 rings (SSSR count). The molecule has 126 valence electrons. The number of carbonyl (C=O) groups is 3. The molecule has 0 bridgehead atoms. The summed E-state index contributed by atoms with van der Waals surface area (Å²) >= 11 is 5.97. The first-order chi connectivity index (χ1) is 11.5. The smallest absolute Gasteiger partial charge is 0.355 e. The van der Waals surface area contributed by atoms with Gasteiger partial charge in [0, 0.05) is 5.02 Å². The Kier molecular flexibility index (Phi) is 4.15. The van der Waals surface area contributed by atoms with Gasteiger partial charge in [-0.15, -0.1) is 0 Å². The van der Waals surface area contributed by atoms with Crippen LogP contribution in [0.4, 0.5) is 5.69 Å². The molecule has 2 aliphatic rings. The molecule has 0 spiro atoms. The molecular formula is C15H14ClN3O5. The van der Waals surface area contributed by atoms with Gasteiger partial charge in [-0.1, -0.05) is 11.6 Å². The Hall–Kier alpha value is -2.61. The van der Waals surface area contributed by atoms with Gasteiger partial charge < -0.3 is 9.47 Å². The molecule has 2 amide bonds. The second-order valence-electron chi connectivity index (χ2n) is 5.13. The third kappa shape index (κ3) is 2.39. The van der Waals surface area contributed by atoms with E-state index in [1.807, 2.05) is 0 Å². The van der Waals surface area contributed by atoms with Crippen LogP contribution < -0.4 is 15.1 Å². The molecule has 24 heavy (non-hydrogen) atoms. The molecule has 2 atom stereocenters. The Morgan fingerprint density at radius 2 is 2.12 bits per heavy atom. The van der Waals surface area contributed by atoms with Crippen LogP contribution in [0, 0.1) is 5.92 Å². The van der Waals surface area contributed by atoms with Gasteiger partial charge in [0.15, 0.2) is 5.71 Å². The number of hydrogen-bond donors (Lipinski definition) is 1. The molecule has 1 N–H and O–H groups in total. The van der Waals surface area contributed by atoms with Crippen LogP contribution in [0.1, 0.15) is 6.92 Å². The van der Waals surface area contributed by atoms with Gasteiger partial charge in [-0.05, 0) is 25.1 Å². The molecule has 0 aliphatic carbocycles. The van der Waals surface area contributed by atoms with E-state index in [4.69, 9.17) is 21.1 Å². The Morgan fingerprint density at radius 3 is 2.79 bits per heavy atom. The molecule has 9 heteroatoms. The molecule has 1 saturated heterocycles. The van der Waals surface area contributed by atoms with Crippen LogP contribution in [0.15, 0.2) is 23.3 Å². The minimum absolute atomic E-state index is 0.108. The van der Waals surface area contributed by atoms with E-state index in [0.717, 1.165) is 4.90 Å². The standard InChI is InChI=1S/C15H14ClN3O5/c1-3-24-15(22)12-10-11(17-18-12)14(21)19(13(10)20)8-6-7(16)4-5-9(8)23-2/h4-6,10-11,17H,3H2,1-2H3/t10-,11-/m1/s1. The van der Waals surface area contributed by atoms with Crippen LogP contribution in [0.5, 0.6) is 5.75 Å². The maximum Gasteiger partial charge on any atom is 0.355 e. The molecule has 1 aromatic rings. The number of ether oxygens (including phenoxy) is 2. The number of carbonyl (C=O) groups excluding carboxylic acids is 3. The summed E-state index contributed by atoms with van der Waals surface area (Å²) in [6, 6.07) is 3.65. The number of anilines is 1. The third-order valence-electron chi connectivity index (χ3n) is 3.79. The van der Waals surface area contributed by atoms with Crippen molar-refractivity contribution in [2.75, 3.05) is 18.6 Å². The summed E-state index contributed by atoms with van der Waals surface area (Å²) in [5, 5.41) is 4.14. The van der Waals surface area contributed by atoms with Crippen molar-refractivity contribution in [2.24, 2.45) is 11.0 Å². The van der Waals surface area contributed by atoms with Crippen molar-refractivity contribution < 1.29 is 23.9 Å². The summed E-state index contributed by atoms with van der Waals surface area (Å²) in [5.41, 5.74) is 2.66. The average molecular weight is 352 g/mol. The van der Waals surface area contributed by atoms with Gasteiger partial charge in [-0.2, -0.15) is 5.10 Å². The molecule has 0 saturated carbocycles. The molecule has 8 nitrogen and oxygen atoms in total. The van der Waals surface area contributed by atoms with E-state index < -0.39 is 29.7 Å². The lowest BCUT2D eigenvalue weighted by atomic mass is 9.99. The van der Waals surface area contributed by atoms with E-state index >= 15 is 0 Å². The van der Waals surface area contributed by atoms with Crippen molar-refractivity contribution in [1.82, 2.24) is 5.43 Å². The predicted molar refractivity (Wildman–Crippen MR) is 85.0 cm³/mol. The number of amides is 2. The summed E-state index contributed by atoms with van der Waals surface area (Å²) in [4.78, 5) is 38.3. The summed E-state index contributed by atoms with van der Waals surface area (Å²) < 4.78 is 10.1. The number of benzene rings is 1. The lowest BCUT2D eigenvalue weighted by molar-refractivity contribution is -0.136. The molecule has 1 fully saturated rings. The van der Waals surface area contributed by atoms with Crippen molar-refractivity contribution in [3.63, 3.8) is 0 Å². The van der Waals surface area contributed by atoms with Gasteiger partial charge in [-0.3, -0.25) is 15.0 Å². The topological polar surface area (TPSA) is 97.3 Å². The zero-order valence-corrected chi connectivity index (χ0v) is 13.7. The second-order valence-corrected chi connectivity index (χ2v) is 5.57. The van der Waals surface area contributed by atoms with Gasteiger partial charge in [0.1, 0.15) is 17.7 Å². The molecule has 0 radical (unpaired) electrons. The first-order valence-corrected chi connectivity index (χ1v) is 7.59. The minimum atomic E-state index is -1.03. The average Bonchev–Trinajstić information content (AvgIpc) is 3.09. The normalized spacial score (nSPS) is 22.1. The van der Waals surface area contributed by atoms with Crippen LogP contribution in [0.2, 0.25) is 5.02 Å². The maximum absolute atomic E-state index is 12.8. The fourth-order valence-corrected chi connectivity index (χ4v) is 2.90. The number of nitrogens with zero attached hydrogens (tertiary/aromatic N) is 2. The number of fused-ring (bicyclic) bond motifs is 1. The maximum atomic E-state index is 12.8. The van der Waals surface area contributed by atoms with Gasteiger partial charge in [0.25, 0.3) is 5.91 Å². The van der Waals surface area contributed by atoms with Gasteiger partial charge >= 0.3 is 5.97 Å². The molecule has 1 aromatic carbocycles. The van der Waals surface area contributed by atoms with Gasteiger partial charge in [0.2, 0.25) is 5.91 Å². The highest BCUT2D eigenvalue weighted by atomic mass is 35.5. The summed E-state index contributed by atoms with van der Waals surface area (Å²) in [6.07, 6.45) is 0. The number of imide groups is 1. The molecule has 2 heterocycles. The van der Waals surface area contributed by atoms with Crippen LogP contribution in [0.3, 0.4) is 0 Å². The molecule has 2 aliphatic heterocycles. The first kappa shape index (κ1) is 16.3. The lowest BCUT2D eigenvalue weighted by Gasteiger charge is -2.18. The Morgan fingerprint density at radius 1 is 1.38 bits per heavy atom. The van der Waals surface area contributed by atoms with E-state index in [1.54, 1.807) is 19.1 Å². The van der Waals surface area contributed by atoms with E-state index in [2.05, 4.69) is 10.5 Å². The highest BCUT2D eigenvalue weighted by Crippen LogP contribution is 2.37. The SMILES string of the molecule is CCOC(=O)C1=NN[C@H]2C(=O)N(c3cc(Cl)ccc3OC)C(=O)[C@@H]12. The predicted octanol–water partition coefficient (Wildman–Crippen LogP) is 0.729.